The van der Waals surface area contributed by atoms with Gasteiger partial charge in [0.15, 0.2) is 5.72 Å². The van der Waals surface area contributed by atoms with Gasteiger partial charge in [-0.1, -0.05) is 6.07 Å². The number of nitro benzene ring substituents is 1. The van der Waals surface area contributed by atoms with Gasteiger partial charge in [0.25, 0.3) is 5.69 Å². The molecule has 22 heavy (non-hydrogen) atoms. The van der Waals surface area contributed by atoms with E-state index in [0.29, 0.717) is 12.8 Å². The summed E-state index contributed by atoms with van der Waals surface area (Å²) in [6.07, 6.45) is 3.73. The van der Waals surface area contributed by atoms with Crippen molar-refractivity contribution in [3.63, 3.8) is 0 Å². The summed E-state index contributed by atoms with van der Waals surface area (Å²) in [6.45, 7) is 1.52. The SMILES string of the molecule is Cc1c(C(=O)ON2C3CCCC2(O)CC3)cccc1[N+](=O)[O-]. The van der Waals surface area contributed by atoms with Crippen LogP contribution in [0.4, 0.5) is 5.69 Å². The van der Waals surface area contributed by atoms with Crippen LogP contribution in [0.2, 0.25) is 0 Å². The van der Waals surface area contributed by atoms with Crippen LogP contribution in [0.3, 0.4) is 0 Å². The van der Waals surface area contributed by atoms with E-state index in [9.17, 15) is 20.0 Å². The van der Waals surface area contributed by atoms with Gasteiger partial charge in [-0.05, 0) is 45.1 Å². The molecule has 3 rings (SSSR count). The molecule has 0 radical (unpaired) electrons. The molecule has 2 atom stereocenters. The van der Waals surface area contributed by atoms with Gasteiger partial charge < -0.3 is 9.94 Å². The van der Waals surface area contributed by atoms with Crippen LogP contribution in [0.1, 0.15) is 48.0 Å². The molecule has 0 aromatic heterocycles. The number of hydroxylamine groups is 2. The van der Waals surface area contributed by atoms with Crippen molar-refractivity contribution in [1.29, 1.82) is 0 Å². The second-order valence-electron chi connectivity index (χ2n) is 5.98. The van der Waals surface area contributed by atoms with Gasteiger partial charge in [0, 0.05) is 17.7 Å². The summed E-state index contributed by atoms with van der Waals surface area (Å²) in [5.41, 5.74) is -0.779. The summed E-state index contributed by atoms with van der Waals surface area (Å²) in [5.74, 6) is -0.659. The Morgan fingerprint density at radius 3 is 2.91 bits per heavy atom. The van der Waals surface area contributed by atoms with Crippen LogP contribution in [-0.2, 0) is 4.84 Å². The molecule has 0 amide bonds. The third kappa shape index (κ3) is 2.36. The quantitative estimate of drug-likeness (QED) is 0.680. The molecule has 1 aromatic carbocycles. The molecule has 2 aliphatic rings. The van der Waals surface area contributed by atoms with Crippen molar-refractivity contribution in [2.75, 3.05) is 0 Å². The van der Waals surface area contributed by atoms with Crippen molar-refractivity contribution < 1.29 is 19.7 Å². The molecule has 0 saturated carbocycles. The van der Waals surface area contributed by atoms with Gasteiger partial charge in [-0.2, -0.15) is 0 Å². The van der Waals surface area contributed by atoms with E-state index < -0.39 is 16.6 Å². The second kappa shape index (κ2) is 5.33. The van der Waals surface area contributed by atoms with Crippen LogP contribution in [-0.4, -0.2) is 32.8 Å². The van der Waals surface area contributed by atoms with Crippen LogP contribution < -0.4 is 0 Å². The summed E-state index contributed by atoms with van der Waals surface area (Å²) in [7, 11) is 0. The second-order valence-corrected chi connectivity index (χ2v) is 5.98. The highest BCUT2D eigenvalue weighted by molar-refractivity contribution is 5.92. The molecule has 2 fully saturated rings. The van der Waals surface area contributed by atoms with Crippen molar-refractivity contribution in [3.8, 4) is 0 Å². The van der Waals surface area contributed by atoms with Gasteiger partial charge in [-0.15, -0.1) is 5.06 Å². The number of hydrogen-bond donors (Lipinski definition) is 1. The highest BCUT2D eigenvalue weighted by Gasteiger charge is 2.50. The molecule has 118 valence electrons. The van der Waals surface area contributed by atoms with E-state index >= 15 is 0 Å². The molecule has 0 spiro atoms. The summed E-state index contributed by atoms with van der Waals surface area (Å²) in [5, 5.41) is 22.9. The van der Waals surface area contributed by atoms with E-state index in [1.807, 2.05) is 0 Å². The van der Waals surface area contributed by atoms with Crippen LogP contribution >= 0.6 is 0 Å². The molecule has 0 aliphatic carbocycles. The summed E-state index contributed by atoms with van der Waals surface area (Å²) in [6, 6.07) is 4.34. The number of carbonyl (C=O) groups is 1. The molecule has 2 heterocycles. The fourth-order valence-corrected chi connectivity index (χ4v) is 3.42. The predicted molar refractivity (Wildman–Crippen MR) is 76.9 cm³/mol. The maximum Gasteiger partial charge on any atom is 0.357 e. The molecule has 2 bridgehead atoms. The van der Waals surface area contributed by atoms with E-state index in [1.165, 1.54) is 30.2 Å². The molecular weight excluding hydrogens is 288 g/mol. The topological polar surface area (TPSA) is 92.9 Å². The van der Waals surface area contributed by atoms with Gasteiger partial charge in [0.05, 0.1) is 10.5 Å². The minimum absolute atomic E-state index is 0.0294. The Morgan fingerprint density at radius 2 is 2.23 bits per heavy atom. The third-order valence-electron chi connectivity index (χ3n) is 4.64. The van der Waals surface area contributed by atoms with Gasteiger partial charge in [0.1, 0.15) is 0 Å². The maximum atomic E-state index is 12.4. The standard InChI is InChI=1S/C15H18N2O5/c1-10-12(5-2-6-13(10)17(20)21)14(18)22-16-11-4-3-8-15(16,19)9-7-11/h2,5-6,11,19H,3-4,7-9H2,1H3. The number of carbonyl (C=O) groups excluding carboxylic acids is 1. The van der Waals surface area contributed by atoms with Gasteiger partial charge in [0.2, 0.25) is 0 Å². The zero-order chi connectivity index (χ0) is 15.9. The average Bonchev–Trinajstić information content (AvgIpc) is 2.65. The monoisotopic (exact) mass is 306 g/mol. The van der Waals surface area contributed by atoms with Crippen molar-refractivity contribution in [1.82, 2.24) is 5.06 Å². The van der Waals surface area contributed by atoms with Gasteiger partial charge >= 0.3 is 5.97 Å². The van der Waals surface area contributed by atoms with E-state index in [2.05, 4.69) is 0 Å². The molecule has 2 saturated heterocycles. The molecule has 2 aliphatic heterocycles. The molecule has 1 aromatic rings. The van der Waals surface area contributed by atoms with Crippen molar-refractivity contribution in [2.45, 2.75) is 50.8 Å². The maximum absolute atomic E-state index is 12.4. The van der Waals surface area contributed by atoms with Crippen LogP contribution in [0.15, 0.2) is 18.2 Å². The average molecular weight is 306 g/mol. The highest BCUT2D eigenvalue weighted by Crippen LogP contribution is 2.42. The Balaban J connectivity index is 1.84. The summed E-state index contributed by atoms with van der Waals surface area (Å²) in [4.78, 5) is 28.2. The Kier molecular flexibility index (Phi) is 3.62. The van der Waals surface area contributed by atoms with Crippen LogP contribution in [0, 0.1) is 17.0 Å². The van der Waals surface area contributed by atoms with E-state index in [1.54, 1.807) is 0 Å². The molecule has 7 nitrogen and oxygen atoms in total. The molecule has 7 heteroatoms. The number of nitro groups is 1. The number of fused-ring (bicyclic) bond motifs is 2. The smallest absolute Gasteiger partial charge is 0.357 e. The third-order valence-corrected chi connectivity index (χ3v) is 4.64. The lowest BCUT2D eigenvalue weighted by atomic mass is 10.0. The van der Waals surface area contributed by atoms with Gasteiger partial charge in [-0.3, -0.25) is 10.1 Å². The lowest BCUT2D eigenvalue weighted by molar-refractivity contribution is -0.385. The Labute approximate surface area is 127 Å². The first kappa shape index (κ1) is 14.9. The minimum atomic E-state index is -1.09. The zero-order valence-corrected chi connectivity index (χ0v) is 12.3. The number of aliphatic hydroxyl groups is 1. The predicted octanol–water partition coefficient (Wildman–Crippen LogP) is 2.31. The van der Waals surface area contributed by atoms with Crippen molar-refractivity contribution >= 4 is 11.7 Å². The zero-order valence-electron chi connectivity index (χ0n) is 12.3. The highest BCUT2D eigenvalue weighted by atomic mass is 16.7. The van der Waals surface area contributed by atoms with E-state index in [0.717, 1.165) is 19.3 Å². The normalized spacial score (nSPS) is 27.6. The van der Waals surface area contributed by atoms with Crippen molar-refractivity contribution in [2.24, 2.45) is 0 Å². The fraction of sp³-hybridized carbons (Fsp3) is 0.533. The summed E-state index contributed by atoms with van der Waals surface area (Å²) < 4.78 is 0. The van der Waals surface area contributed by atoms with E-state index in [-0.39, 0.29) is 22.9 Å². The number of nitrogens with zero attached hydrogens (tertiary/aromatic N) is 2. The Morgan fingerprint density at radius 1 is 1.45 bits per heavy atom. The van der Waals surface area contributed by atoms with Crippen LogP contribution in [0.5, 0.6) is 0 Å². The minimum Gasteiger partial charge on any atom is -0.373 e. The first-order valence-corrected chi connectivity index (χ1v) is 7.40. The molecule has 1 N–H and O–H groups in total. The van der Waals surface area contributed by atoms with Crippen LogP contribution in [0.25, 0.3) is 0 Å². The molecule has 2 unspecified atom stereocenters. The largest absolute Gasteiger partial charge is 0.373 e. The lowest BCUT2D eigenvalue weighted by Crippen LogP contribution is -2.51. The first-order valence-electron chi connectivity index (χ1n) is 7.40. The Hall–Kier alpha value is -1.99. The molecular formula is C15H18N2O5. The number of benzene rings is 1. The number of rotatable bonds is 3. The first-order chi connectivity index (χ1) is 10.4. The number of piperidine rings is 1. The summed E-state index contributed by atoms with van der Waals surface area (Å²) >= 11 is 0. The number of hydrogen-bond acceptors (Lipinski definition) is 6. The lowest BCUT2D eigenvalue weighted by Gasteiger charge is -2.38. The Bertz CT molecular complexity index is 628. The van der Waals surface area contributed by atoms with E-state index in [4.69, 9.17) is 4.84 Å². The van der Waals surface area contributed by atoms with Gasteiger partial charge in [-0.25, -0.2) is 4.79 Å². The fourth-order valence-electron chi connectivity index (χ4n) is 3.42. The van der Waals surface area contributed by atoms with Crippen molar-refractivity contribution in [3.05, 3.63) is 39.4 Å².